The number of anilines is 1. The smallest absolute Gasteiger partial charge is 0.246 e. The lowest BCUT2D eigenvalue weighted by molar-refractivity contribution is 0.484. The topological polar surface area (TPSA) is 103 Å². The lowest BCUT2D eigenvalue weighted by Crippen LogP contribution is -2.24. The normalized spacial score (nSPS) is 13.5. The van der Waals surface area contributed by atoms with Crippen molar-refractivity contribution in [3.63, 3.8) is 0 Å². The summed E-state index contributed by atoms with van der Waals surface area (Å²) in [5, 5.41) is 4.05. The molecule has 0 radical (unpaired) electrons. The van der Waals surface area contributed by atoms with Gasteiger partial charge in [-0.2, -0.15) is 5.10 Å². The average molecular weight is 298 g/mol. The van der Waals surface area contributed by atoms with Crippen LogP contribution >= 0.6 is 0 Å². The summed E-state index contributed by atoms with van der Waals surface area (Å²) in [6.45, 7) is 3.98. The first-order valence-electron chi connectivity index (χ1n) is 6.30. The van der Waals surface area contributed by atoms with E-state index in [4.69, 9.17) is 10.2 Å². The van der Waals surface area contributed by atoms with Gasteiger partial charge >= 0.3 is 0 Å². The van der Waals surface area contributed by atoms with Gasteiger partial charge in [0.25, 0.3) is 0 Å². The molecule has 1 atom stereocenters. The molecular formula is C12H18N4O3S. The summed E-state index contributed by atoms with van der Waals surface area (Å²) in [4.78, 5) is -0.00986. The van der Waals surface area contributed by atoms with Crippen molar-refractivity contribution in [2.24, 2.45) is 0 Å². The second-order valence-electron chi connectivity index (χ2n) is 4.50. The van der Waals surface area contributed by atoms with E-state index in [2.05, 4.69) is 9.82 Å². The molecule has 0 saturated heterocycles. The second kappa shape index (κ2) is 5.68. The minimum absolute atomic E-state index is 0.00986. The van der Waals surface area contributed by atoms with Crippen LogP contribution in [0.3, 0.4) is 0 Å². The van der Waals surface area contributed by atoms with Gasteiger partial charge in [0, 0.05) is 0 Å². The maximum absolute atomic E-state index is 12.2. The van der Waals surface area contributed by atoms with Crippen LogP contribution in [-0.4, -0.2) is 18.2 Å². The Hall–Kier alpha value is -1.80. The van der Waals surface area contributed by atoms with Gasteiger partial charge in [-0.3, -0.25) is 0 Å². The third-order valence-corrected chi connectivity index (χ3v) is 4.53. The molecule has 0 amide bonds. The first-order valence-corrected chi connectivity index (χ1v) is 7.79. The van der Waals surface area contributed by atoms with E-state index in [-0.39, 0.29) is 23.3 Å². The summed E-state index contributed by atoms with van der Waals surface area (Å²) in [6, 6.07) is 3.43. The molecule has 1 unspecified atom stereocenters. The van der Waals surface area contributed by atoms with E-state index in [9.17, 15) is 8.42 Å². The zero-order valence-corrected chi connectivity index (χ0v) is 12.2. The highest BCUT2D eigenvalue weighted by Gasteiger charge is 2.23. The van der Waals surface area contributed by atoms with E-state index >= 15 is 0 Å². The number of aromatic nitrogens is 2. The van der Waals surface area contributed by atoms with Gasteiger partial charge in [0.1, 0.15) is 16.5 Å². The summed E-state index contributed by atoms with van der Waals surface area (Å²) in [5.41, 5.74) is 5.87. The summed E-state index contributed by atoms with van der Waals surface area (Å²) >= 11 is 0. The number of nitrogens with zero attached hydrogens (tertiary/aromatic N) is 2. The van der Waals surface area contributed by atoms with E-state index in [1.165, 1.54) is 17.1 Å². The number of hydrogen-bond acceptors (Lipinski definition) is 5. The SMILES string of the molecule is CCC(C)n1ncc(S(=O)(=O)NCc2ccco2)c1N. The van der Waals surface area contributed by atoms with Crippen molar-refractivity contribution in [2.45, 2.75) is 37.8 Å². The van der Waals surface area contributed by atoms with Crippen LogP contribution in [0.25, 0.3) is 0 Å². The number of sulfonamides is 1. The summed E-state index contributed by atoms with van der Waals surface area (Å²) in [5.74, 6) is 0.674. The minimum atomic E-state index is -3.71. The summed E-state index contributed by atoms with van der Waals surface area (Å²) in [7, 11) is -3.71. The Morgan fingerprint density at radius 1 is 1.55 bits per heavy atom. The Morgan fingerprint density at radius 3 is 2.90 bits per heavy atom. The summed E-state index contributed by atoms with van der Waals surface area (Å²) < 4.78 is 33.4. The number of hydrogen-bond donors (Lipinski definition) is 2. The highest BCUT2D eigenvalue weighted by atomic mass is 32.2. The van der Waals surface area contributed by atoms with Crippen molar-refractivity contribution in [2.75, 3.05) is 5.73 Å². The molecule has 8 heteroatoms. The fourth-order valence-corrected chi connectivity index (χ4v) is 2.79. The van der Waals surface area contributed by atoms with Crippen LogP contribution in [0.15, 0.2) is 33.9 Å². The number of nitrogens with two attached hydrogens (primary N) is 1. The Bertz CT molecular complexity index is 661. The molecule has 3 N–H and O–H groups in total. The molecule has 2 rings (SSSR count). The monoisotopic (exact) mass is 298 g/mol. The first-order chi connectivity index (χ1) is 9.45. The van der Waals surface area contributed by atoms with Gasteiger partial charge < -0.3 is 10.2 Å². The van der Waals surface area contributed by atoms with Crippen molar-refractivity contribution < 1.29 is 12.8 Å². The zero-order chi connectivity index (χ0) is 14.8. The average Bonchev–Trinajstić information content (AvgIpc) is 3.05. The molecule has 0 fully saturated rings. The van der Waals surface area contributed by atoms with Gasteiger partial charge in [-0.1, -0.05) is 6.92 Å². The van der Waals surface area contributed by atoms with E-state index in [1.54, 1.807) is 12.1 Å². The Balaban J connectivity index is 2.19. The predicted molar refractivity (Wildman–Crippen MR) is 74.4 cm³/mol. The van der Waals surface area contributed by atoms with Crippen LogP contribution in [-0.2, 0) is 16.6 Å². The molecule has 0 aliphatic heterocycles. The van der Waals surface area contributed by atoms with Crippen molar-refractivity contribution in [1.82, 2.24) is 14.5 Å². The Labute approximate surface area is 117 Å². The van der Waals surface area contributed by atoms with Crippen LogP contribution in [0.5, 0.6) is 0 Å². The summed E-state index contributed by atoms with van der Waals surface area (Å²) in [6.07, 6.45) is 3.57. The van der Waals surface area contributed by atoms with E-state index in [0.29, 0.717) is 5.76 Å². The Kier molecular flexibility index (Phi) is 4.15. The van der Waals surface area contributed by atoms with Crippen LogP contribution < -0.4 is 10.5 Å². The van der Waals surface area contributed by atoms with Crippen molar-refractivity contribution in [1.29, 1.82) is 0 Å². The van der Waals surface area contributed by atoms with Crippen LogP contribution in [0, 0.1) is 0 Å². The van der Waals surface area contributed by atoms with Crippen LogP contribution in [0.2, 0.25) is 0 Å². The van der Waals surface area contributed by atoms with Gasteiger partial charge in [-0.05, 0) is 25.5 Å². The van der Waals surface area contributed by atoms with E-state index < -0.39 is 10.0 Å². The molecule has 2 aromatic rings. The highest BCUT2D eigenvalue weighted by Crippen LogP contribution is 2.22. The predicted octanol–water partition coefficient (Wildman–Crippen LogP) is 1.51. The molecule has 110 valence electrons. The van der Waals surface area contributed by atoms with Gasteiger partial charge in [-0.25, -0.2) is 17.8 Å². The minimum Gasteiger partial charge on any atom is -0.468 e. The quantitative estimate of drug-likeness (QED) is 0.841. The van der Waals surface area contributed by atoms with E-state index in [0.717, 1.165) is 6.42 Å². The molecular weight excluding hydrogens is 280 g/mol. The largest absolute Gasteiger partial charge is 0.468 e. The standard InChI is InChI=1S/C12H18N4O3S/c1-3-9(2)16-12(13)11(8-14-16)20(17,18)15-7-10-5-4-6-19-10/h4-6,8-9,15H,3,7,13H2,1-2H3. The molecule has 0 aliphatic rings. The maximum Gasteiger partial charge on any atom is 0.246 e. The van der Waals surface area contributed by atoms with Crippen LogP contribution in [0.4, 0.5) is 5.82 Å². The number of nitrogen functional groups attached to an aromatic ring is 1. The van der Waals surface area contributed by atoms with Gasteiger partial charge in [-0.15, -0.1) is 0 Å². The van der Waals surface area contributed by atoms with Gasteiger partial charge in [0.15, 0.2) is 0 Å². The van der Waals surface area contributed by atoms with Crippen molar-refractivity contribution in [3.05, 3.63) is 30.4 Å². The van der Waals surface area contributed by atoms with Gasteiger partial charge in [0.2, 0.25) is 10.0 Å². The Morgan fingerprint density at radius 2 is 2.30 bits per heavy atom. The maximum atomic E-state index is 12.2. The molecule has 0 bridgehead atoms. The van der Waals surface area contributed by atoms with Crippen LogP contribution in [0.1, 0.15) is 32.1 Å². The number of furan rings is 1. The third kappa shape index (κ3) is 2.86. The van der Waals surface area contributed by atoms with E-state index in [1.807, 2.05) is 13.8 Å². The van der Waals surface area contributed by atoms with Crippen molar-refractivity contribution in [3.8, 4) is 0 Å². The lowest BCUT2D eigenvalue weighted by atomic mass is 10.3. The molecule has 0 aliphatic carbocycles. The molecule has 0 saturated carbocycles. The lowest BCUT2D eigenvalue weighted by Gasteiger charge is -2.11. The molecule has 2 heterocycles. The zero-order valence-electron chi connectivity index (χ0n) is 11.4. The van der Waals surface area contributed by atoms with Crippen molar-refractivity contribution >= 4 is 15.8 Å². The molecule has 2 aromatic heterocycles. The second-order valence-corrected chi connectivity index (χ2v) is 6.24. The molecule has 20 heavy (non-hydrogen) atoms. The molecule has 0 spiro atoms. The molecule has 7 nitrogen and oxygen atoms in total. The first kappa shape index (κ1) is 14.6. The highest BCUT2D eigenvalue weighted by molar-refractivity contribution is 7.89. The number of rotatable bonds is 6. The number of nitrogens with one attached hydrogen (secondary N) is 1. The third-order valence-electron chi connectivity index (χ3n) is 3.11. The fourth-order valence-electron chi connectivity index (χ4n) is 1.74. The molecule has 0 aromatic carbocycles. The van der Waals surface area contributed by atoms with Gasteiger partial charge in [0.05, 0.1) is 25.0 Å². The fraction of sp³-hybridized carbons (Fsp3) is 0.417.